The first-order chi connectivity index (χ1) is 18.6. The van der Waals surface area contributed by atoms with Gasteiger partial charge in [0.2, 0.25) is 0 Å². The van der Waals surface area contributed by atoms with Crippen molar-refractivity contribution < 1.29 is 9.84 Å². The molecule has 0 bridgehead atoms. The number of nitrogens with zero attached hydrogens (tertiary/aromatic N) is 6. The van der Waals surface area contributed by atoms with Gasteiger partial charge in [0, 0.05) is 43.5 Å². The van der Waals surface area contributed by atoms with Gasteiger partial charge in [-0.05, 0) is 71.1 Å². The molecule has 0 spiro atoms. The van der Waals surface area contributed by atoms with E-state index in [0.717, 1.165) is 61.4 Å². The average Bonchev–Trinajstić information content (AvgIpc) is 3.44. The van der Waals surface area contributed by atoms with E-state index < -0.39 is 0 Å². The number of hydrogen-bond acceptors (Lipinski definition) is 8. The van der Waals surface area contributed by atoms with Crippen LogP contribution in [0.2, 0.25) is 0 Å². The van der Waals surface area contributed by atoms with Crippen molar-refractivity contribution in [3.8, 4) is 11.5 Å². The van der Waals surface area contributed by atoms with Gasteiger partial charge in [-0.3, -0.25) is 9.69 Å². The highest BCUT2D eigenvalue weighted by Crippen LogP contribution is 2.34. The van der Waals surface area contributed by atoms with Crippen LogP contribution in [0, 0.1) is 0 Å². The number of tetrazole rings is 1. The van der Waals surface area contributed by atoms with E-state index in [4.69, 9.17) is 4.74 Å². The molecule has 1 saturated carbocycles. The van der Waals surface area contributed by atoms with Crippen molar-refractivity contribution in [2.45, 2.75) is 44.2 Å². The van der Waals surface area contributed by atoms with E-state index in [1.807, 2.05) is 41.1 Å². The summed E-state index contributed by atoms with van der Waals surface area (Å²) in [6.07, 6.45) is 5.67. The lowest BCUT2D eigenvalue weighted by Crippen LogP contribution is -2.49. The monoisotopic (exact) mass is 515 g/mol. The lowest BCUT2D eigenvalue weighted by Gasteiger charge is -2.40. The number of phenolic OH excluding ortho intramolecular Hbond substituents is 1. The highest BCUT2D eigenvalue weighted by atomic mass is 16.5. The first kappa shape index (κ1) is 24.4. The van der Waals surface area contributed by atoms with Crippen molar-refractivity contribution in [2.75, 3.05) is 38.2 Å². The van der Waals surface area contributed by atoms with Crippen LogP contribution in [-0.2, 0) is 0 Å². The second-order valence-corrected chi connectivity index (χ2v) is 10.2. The maximum absolute atomic E-state index is 13.6. The maximum Gasteiger partial charge on any atom is 0.253 e. The number of nitrogens with one attached hydrogen (secondary N) is 1. The molecule has 0 radical (unpaired) electrons. The Morgan fingerprint density at radius 2 is 1.76 bits per heavy atom. The van der Waals surface area contributed by atoms with Gasteiger partial charge in [-0.25, -0.2) is 4.68 Å². The summed E-state index contributed by atoms with van der Waals surface area (Å²) in [6, 6.07) is 14.9. The third-order valence-corrected chi connectivity index (χ3v) is 7.95. The van der Waals surface area contributed by atoms with Crippen LogP contribution in [0.5, 0.6) is 11.5 Å². The number of hydrogen-bond donors (Lipinski definition) is 2. The molecule has 1 saturated heterocycles. The molecule has 0 amide bonds. The van der Waals surface area contributed by atoms with Gasteiger partial charge in [0.15, 0.2) is 5.82 Å². The van der Waals surface area contributed by atoms with E-state index in [0.29, 0.717) is 11.3 Å². The van der Waals surface area contributed by atoms with Crippen molar-refractivity contribution in [3.05, 3.63) is 70.3 Å². The van der Waals surface area contributed by atoms with Crippen molar-refractivity contribution in [3.63, 3.8) is 0 Å². The van der Waals surface area contributed by atoms with Gasteiger partial charge in [0.25, 0.3) is 5.56 Å². The van der Waals surface area contributed by atoms with Crippen LogP contribution in [0.3, 0.4) is 0 Å². The largest absolute Gasteiger partial charge is 0.508 e. The quantitative estimate of drug-likeness (QED) is 0.400. The molecule has 2 fully saturated rings. The number of aromatic hydroxyl groups is 1. The molecule has 0 unspecified atom stereocenters. The first-order valence-electron chi connectivity index (χ1n) is 13.4. The number of H-pyrrole nitrogens is 1. The zero-order chi connectivity index (χ0) is 26.1. The minimum atomic E-state index is -0.371. The van der Waals surface area contributed by atoms with E-state index in [9.17, 15) is 9.90 Å². The molecule has 2 aromatic carbocycles. The molecular formula is C28H33N7O3. The normalized spacial score (nSPS) is 18.1. The summed E-state index contributed by atoms with van der Waals surface area (Å²) in [7, 11) is 1.62. The molecule has 1 aliphatic carbocycles. The SMILES string of the molecule is COc1ccc2cc([C@H](c3nnnn3C3CCCCC3)N3CCN(c4ccc(O)cc4)CC3)c(=O)[nH]c2c1. The van der Waals surface area contributed by atoms with Crippen molar-refractivity contribution >= 4 is 16.6 Å². The molecule has 10 nitrogen and oxygen atoms in total. The number of anilines is 1. The fourth-order valence-corrected chi connectivity index (χ4v) is 5.89. The number of aromatic amines is 1. The summed E-state index contributed by atoms with van der Waals surface area (Å²) >= 11 is 0. The maximum atomic E-state index is 13.6. The van der Waals surface area contributed by atoms with Crippen LogP contribution in [-0.4, -0.2) is 68.5 Å². The third-order valence-electron chi connectivity index (χ3n) is 7.95. The summed E-state index contributed by atoms with van der Waals surface area (Å²) in [5.74, 6) is 1.69. The van der Waals surface area contributed by atoms with Gasteiger partial charge >= 0.3 is 0 Å². The Morgan fingerprint density at radius 1 is 1.00 bits per heavy atom. The lowest BCUT2D eigenvalue weighted by atomic mass is 9.95. The van der Waals surface area contributed by atoms with Gasteiger partial charge < -0.3 is 19.7 Å². The Balaban J connectivity index is 1.38. The molecule has 3 heterocycles. The Kier molecular flexibility index (Phi) is 6.71. The van der Waals surface area contributed by atoms with Gasteiger partial charge in [-0.1, -0.05) is 19.3 Å². The molecule has 38 heavy (non-hydrogen) atoms. The fraction of sp³-hybridized carbons (Fsp3) is 0.429. The Labute approximate surface area is 220 Å². The average molecular weight is 516 g/mol. The number of aromatic nitrogens is 5. The number of phenols is 1. The number of ether oxygens (including phenoxy) is 1. The molecule has 10 heteroatoms. The topological polar surface area (TPSA) is 112 Å². The number of methoxy groups -OCH3 is 1. The van der Waals surface area contributed by atoms with Crippen molar-refractivity contribution in [1.29, 1.82) is 0 Å². The minimum absolute atomic E-state index is 0.144. The molecular weight excluding hydrogens is 482 g/mol. The predicted molar refractivity (Wildman–Crippen MR) is 145 cm³/mol. The highest BCUT2D eigenvalue weighted by Gasteiger charge is 2.34. The molecule has 198 valence electrons. The zero-order valence-electron chi connectivity index (χ0n) is 21.6. The smallest absolute Gasteiger partial charge is 0.253 e. The molecule has 2 aliphatic rings. The van der Waals surface area contributed by atoms with E-state index in [2.05, 4.69) is 30.3 Å². The number of rotatable bonds is 6. The van der Waals surface area contributed by atoms with Crippen molar-refractivity contribution in [1.82, 2.24) is 30.1 Å². The van der Waals surface area contributed by atoms with Gasteiger partial charge in [0.05, 0.1) is 18.7 Å². The lowest BCUT2D eigenvalue weighted by molar-refractivity contribution is 0.192. The van der Waals surface area contributed by atoms with Crippen LogP contribution in [0.25, 0.3) is 10.9 Å². The van der Waals surface area contributed by atoms with E-state index in [1.165, 1.54) is 19.3 Å². The number of benzene rings is 2. The zero-order valence-corrected chi connectivity index (χ0v) is 21.6. The standard InChI is InChI=1S/C28H33N7O3/c1-38-23-12-7-19-17-24(28(37)29-25(19)18-23)26(27-30-31-32-35(27)21-5-3-2-4-6-21)34-15-13-33(14-16-34)20-8-10-22(36)11-9-20/h7-12,17-18,21,26,36H,2-6,13-16H2,1H3,(H,29,37)/t26-/m1/s1. The van der Waals surface area contributed by atoms with Crippen LogP contribution < -0.4 is 15.2 Å². The Morgan fingerprint density at radius 3 is 2.50 bits per heavy atom. The van der Waals surface area contributed by atoms with E-state index in [-0.39, 0.29) is 23.4 Å². The molecule has 4 aromatic rings. The summed E-state index contributed by atoms with van der Waals surface area (Å²) in [5.41, 5.74) is 2.31. The fourth-order valence-electron chi connectivity index (χ4n) is 5.89. The van der Waals surface area contributed by atoms with Crippen LogP contribution in [0.4, 0.5) is 5.69 Å². The first-order valence-corrected chi connectivity index (χ1v) is 13.4. The third kappa shape index (κ3) is 4.71. The summed E-state index contributed by atoms with van der Waals surface area (Å²) < 4.78 is 7.33. The second kappa shape index (κ2) is 10.4. The van der Waals surface area contributed by atoms with E-state index >= 15 is 0 Å². The van der Waals surface area contributed by atoms with Crippen molar-refractivity contribution in [2.24, 2.45) is 0 Å². The summed E-state index contributed by atoms with van der Waals surface area (Å²) in [4.78, 5) is 21.3. The van der Waals surface area contributed by atoms with E-state index in [1.54, 1.807) is 19.2 Å². The molecule has 1 atom stereocenters. The number of piperazine rings is 1. The Hall–Kier alpha value is -3.92. The number of fused-ring (bicyclic) bond motifs is 1. The number of pyridine rings is 1. The van der Waals surface area contributed by atoms with Gasteiger partial charge in [0.1, 0.15) is 17.5 Å². The second-order valence-electron chi connectivity index (χ2n) is 10.2. The molecule has 2 N–H and O–H groups in total. The minimum Gasteiger partial charge on any atom is -0.508 e. The molecule has 1 aliphatic heterocycles. The highest BCUT2D eigenvalue weighted by molar-refractivity contribution is 5.80. The van der Waals surface area contributed by atoms with Gasteiger partial charge in [-0.2, -0.15) is 0 Å². The van der Waals surface area contributed by atoms with Crippen LogP contribution >= 0.6 is 0 Å². The van der Waals surface area contributed by atoms with Gasteiger partial charge in [-0.15, -0.1) is 5.10 Å². The Bertz CT molecular complexity index is 1450. The summed E-state index contributed by atoms with van der Waals surface area (Å²) in [6.45, 7) is 3.05. The molecule has 2 aromatic heterocycles. The van der Waals surface area contributed by atoms with Crippen LogP contribution in [0.1, 0.15) is 55.6 Å². The summed E-state index contributed by atoms with van der Waals surface area (Å²) in [5, 5.41) is 23.7. The molecule has 6 rings (SSSR count). The predicted octanol–water partition coefficient (Wildman–Crippen LogP) is 3.65. The van der Waals surface area contributed by atoms with Crippen LogP contribution in [0.15, 0.2) is 53.3 Å².